The van der Waals surface area contributed by atoms with E-state index in [1.807, 2.05) is 19.1 Å². The highest BCUT2D eigenvalue weighted by atomic mass is 16.5. The van der Waals surface area contributed by atoms with Gasteiger partial charge in [-0.3, -0.25) is 0 Å². The molecule has 2 unspecified atom stereocenters. The highest BCUT2D eigenvalue weighted by Crippen LogP contribution is 2.27. The molecule has 0 radical (unpaired) electrons. The Labute approximate surface area is 128 Å². The minimum Gasteiger partial charge on any atom is -0.494 e. The van der Waals surface area contributed by atoms with Gasteiger partial charge in [-0.05, 0) is 44.9 Å². The molecule has 0 fully saturated rings. The Morgan fingerprint density at radius 3 is 2.14 bits per heavy atom. The zero-order chi connectivity index (χ0) is 15.2. The summed E-state index contributed by atoms with van der Waals surface area (Å²) in [4.78, 5) is 0. The van der Waals surface area contributed by atoms with E-state index < -0.39 is 0 Å². The van der Waals surface area contributed by atoms with Crippen LogP contribution >= 0.6 is 0 Å². The van der Waals surface area contributed by atoms with Crippen LogP contribution in [0.5, 0.6) is 5.75 Å². The SMILES string of the molecule is CCOc1ccccc1C(C)NC(C)c1ccccc1C. The van der Waals surface area contributed by atoms with Crippen molar-refractivity contribution in [3.63, 3.8) is 0 Å². The zero-order valence-corrected chi connectivity index (χ0v) is 13.4. The monoisotopic (exact) mass is 283 g/mol. The maximum Gasteiger partial charge on any atom is 0.124 e. The molecule has 2 rings (SSSR count). The molecule has 0 aliphatic rings. The van der Waals surface area contributed by atoms with Gasteiger partial charge in [0.05, 0.1) is 6.61 Å². The van der Waals surface area contributed by atoms with Crippen LogP contribution in [-0.2, 0) is 0 Å². The van der Waals surface area contributed by atoms with Gasteiger partial charge in [0.15, 0.2) is 0 Å². The average molecular weight is 283 g/mol. The van der Waals surface area contributed by atoms with E-state index in [1.54, 1.807) is 0 Å². The van der Waals surface area contributed by atoms with Crippen molar-refractivity contribution in [3.8, 4) is 5.75 Å². The summed E-state index contributed by atoms with van der Waals surface area (Å²) in [6.45, 7) is 9.27. The number of hydrogen-bond donors (Lipinski definition) is 1. The number of benzene rings is 2. The summed E-state index contributed by atoms with van der Waals surface area (Å²) in [6.07, 6.45) is 0. The van der Waals surface area contributed by atoms with Crippen molar-refractivity contribution in [1.82, 2.24) is 5.32 Å². The molecule has 112 valence electrons. The van der Waals surface area contributed by atoms with Gasteiger partial charge < -0.3 is 10.1 Å². The maximum absolute atomic E-state index is 5.73. The second-order valence-electron chi connectivity index (χ2n) is 5.44. The fourth-order valence-electron chi connectivity index (χ4n) is 2.75. The quantitative estimate of drug-likeness (QED) is 0.821. The number of nitrogens with one attached hydrogen (secondary N) is 1. The maximum atomic E-state index is 5.73. The molecule has 0 bridgehead atoms. The van der Waals surface area contributed by atoms with Crippen LogP contribution in [0.3, 0.4) is 0 Å². The predicted molar refractivity (Wildman–Crippen MR) is 88.8 cm³/mol. The fraction of sp³-hybridized carbons (Fsp3) is 0.368. The van der Waals surface area contributed by atoms with Gasteiger partial charge in [0.2, 0.25) is 0 Å². The summed E-state index contributed by atoms with van der Waals surface area (Å²) >= 11 is 0. The van der Waals surface area contributed by atoms with Gasteiger partial charge in [-0.1, -0.05) is 42.5 Å². The first-order chi connectivity index (χ1) is 10.1. The third-order valence-corrected chi connectivity index (χ3v) is 3.84. The van der Waals surface area contributed by atoms with Gasteiger partial charge in [0, 0.05) is 17.6 Å². The molecule has 0 aliphatic heterocycles. The summed E-state index contributed by atoms with van der Waals surface area (Å²) in [7, 11) is 0. The molecule has 21 heavy (non-hydrogen) atoms. The Morgan fingerprint density at radius 2 is 1.48 bits per heavy atom. The third kappa shape index (κ3) is 3.85. The summed E-state index contributed by atoms with van der Waals surface area (Å²) in [5, 5.41) is 3.67. The molecule has 1 N–H and O–H groups in total. The van der Waals surface area contributed by atoms with E-state index in [2.05, 4.69) is 62.5 Å². The normalized spacial score (nSPS) is 13.7. The van der Waals surface area contributed by atoms with E-state index >= 15 is 0 Å². The molecular weight excluding hydrogens is 258 g/mol. The Bertz CT molecular complexity index is 579. The van der Waals surface area contributed by atoms with Gasteiger partial charge in [0.1, 0.15) is 5.75 Å². The van der Waals surface area contributed by atoms with Gasteiger partial charge in [-0.15, -0.1) is 0 Å². The van der Waals surface area contributed by atoms with Crippen molar-refractivity contribution < 1.29 is 4.74 Å². The van der Waals surface area contributed by atoms with E-state index in [1.165, 1.54) is 16.7 Å². The van der Waals surface area contributed by atoms with Gasteiger partial charge in [-0.25, -0.2) is 0 Å². The molecule has 2 atom stereocenters. The van der Waals surface area contributed by atoms with Crippen LogP contribution in [0, 0.1) is 6.92 Å². The van der Waals surface area contributed by atoms with Crippen molar-refractivity contribution in [2.24, 2.45) is 0 Å². The lowest BCUT2D eigenvalue weighted by molar-refractivity contribution is 0.331. The predicted octanol–water partition coefficient (Wildman–Crippen LogP) is 4.81. The smallest absolute Gasteiger partial charge is 0.124 e. The Kier molecular flexibility index (Phi) is 5.40. The minimum atomic E-state index is 0.238. The van der Waals surface area contributed by atoms with Gasteiger partial charge >= 0.3 is 0 Å². The Balaban J connectivity index is 2.14. The number of rotatable bonds is 6. The van der Waals surface area contributed by atoms with Crippen LogP contribution in [0.2, 0.25) is 0 Å². The second kappa shape index (κ2) is 7.28. The topological polar surface area (TPSA) is 21.3 Å². The lowest BCUT2D eigenvalue weighted by Crippen LogP contribution is -2.23. The number of hydrogen-bond acceptors (Lipinski definition) is 2. The molecule has 2 aromatic carbocycles. The molecule has 0 aromatic heterocycles. The minimum absolute atomic E-state index is 0.238. The van der Waals surface area contributed by atoms with Crippen molar-refractivity contribution in [2.75, 3.05) is 6.61 Å². The average Bonchev–Trinajstić information content (AvgIpc) is 2.48. The molecule has 2 aromatic rings. The lowest BCUT2D eigenvalue weighted by atomic mass is 10.00. The standard InChI is InChI=1S/C19H25NO/c1-5-21-19-13-9-8-12-18(19)16(4)20-15(3)17-11-7-6-10-14(17)2/h6-13,15-16,20H,5H2,1-4H3. The van der Waals surface area contributed by atoms with Crippen molar-refractivity contribution in [3.05, 3.63) is 65.2 Å². The molecular formula is C19H25NO. The van der Waals surface area contributed by atoms with Crippen LogP contribution in [0.25, 0.3) is 0 Å². The first-order valence-corrected chi connectivity index (χ1v) is 7.66. The first kappa shape index (κ1) is 15.6. The number of ether oxygens (including phenoxy) is 1. The lowest BCUT2D eigenvalue weighted by Gasteiger charge is -2.23. The highest BCUT2D eigenvalue weighted by molar-refractivity contribution is 5.36. The molecule has 0 aliphatic carbocycles. The van der Waals surface area contributed by atoms with E-state index in [-0.39, 0.29) is 6.04 Å². The van der Waals surface area contributed by atoms with Crippen molar-refractivity contribution in [2.45, 2.75) is 39.8 Å². The van der Waals surface area contributed by atoms with E-state index in [0.717, 1.165) is 5.75 Å². The third-order valence-electron chi connectivity index (χ3n) is 3.84. The molecule has 0 saturated carbocycles. The van der Waals surface area contributed by atoms with Crippen molar-refractivity contribution in [1.29, 1.82) is 0 Å². The van der Waals surface area contributed by atoms with Crippen LogP contribution in [-0.4, -0.2) is 6.61 Å². The number of para-hydroxylation sites is 1. The summed E-state index contributed by atoms with van der Waals surface area (Å²) in [5.41, 5.74) is 3.88. The van der Waals surface area contributed by atoms with E-state index in [0.29, 0.717) is 12.6 Å². The van der Waals surface area contributed by atoms with Crippen LogP contribution in [0.1, 0.15) is 49.5 Å². The summed E-state index contributed by atoms with van der Waals surface area (Å²) in [6, 6.07) is 17.3. The Morgan fingerprint density at radius 1 is 0.905 bits per heavy atom. The zero-order valence-electron chi connectivity index (χ0n) is 13.4. The first-order valence-electron chi connectivity index (χ1n) is 7.66. The fourth-order valence-corrected chi connectivity index (χ4v) is 2.75. The van der Waals surface area contributed by atoms with Crippen molar-refractivity contribution >= 4 is 0 Å². The summed E-state index contributed by atoms with van der Waals surface area (Å²) in [5.74, 6) is 0.969. The van der Waals surface area contributed by atoms with Crippen LogP contribution in [0.15, 0.2) is 48.5 Å². The second-order valence-corrected chi connectivity index (χ2v) is 5.44. The molecule has 0 saturated heterocycles. The molecule has 0 spiro atoms. The van der Waals surface area contributed by atoms with Gasteiger partial charge in [-0.2, -0.15) is 0 Å². The van der Waals surface area contributed by atoms with Crippen LogP contribution < -0.4 is 10.1 Å². The molecule has 2 heteroatoms. The largest absolute Gasteiger partial charge is 0.494 e. The Hall–Kier alpha value is -1.80. The number of aryl methyl sites for hydroxylation is 1. The van der Waals surface area contributed by atoms with Gasteiger partial charge in [0.25, 0.3) is 0 Å². The molecule has 2 nitrogen and oxygen atoms in total. The van der Waals surface area contributed by atoms with E-state index in [4.69, 9.17) is 4.74 Å². The molecule has 0 heterocycles. The summed E-state index contributed by atoms with van der Waals surface area (Å²) < 4.78 is 5.73. The van der Waals surface area contributed by atoms with Crippen LogP contribution in [0.4, 0.5) is 0 Å². The molecule has 0 amide bonds. The highest BCUT2D eigenvalue weighted by Gasteiger charge is 2.15. The van der Waals surface area contributed by atoms with E-state index in [9.17, 15) is 0 Å².